The summed E-state index contributed by atoms with van der Waals surface area (Å²) in [5.41, 5.74) is 5.30. The minimum atomic E-state index is -3.94. The molecular formula is C26H30N4O4S. The molecule has 1 heterocycles. The number of carbonyl (C=O) groups is 1. The lowest BCUT2D eigenvalue weighted by Gasteiger charge is -2.23. The lowest BCUT2D eigenvalue weighted by atomic mass is 9.89. The second kappa shape index (κ2) is 9.39. The smallest absolute Gasteiger partial charge is 0.271 e. The van der Waals surface area contributed by atoms with Gasteiger partial charge in [0.05, 0.1) is 10.6 Å². The van der Waals surface area contributed by atoms with Gasteiger partial charge in [-0.05, 0) is 81.7 Å². The summed E-state index contributed by atoms with van der Waals surface area (Å²) >= 11 is 0. The molecule has 1 amide bonds. The zero-order valence-corrected chi connectivity index (χ0v) is 21.2. The predicted octanol–water partition coefficient (Wildman–Crippen LogP) is 3.56. The summed E-state index contributed by atoms with van der Waals surface area (Å²) in [4.78, 5) is 26.6. The number of primary sulfonamides is 1. The van der Waals surface area contributed by atoms with Crippen molar-refractivity contribution < 1.29 is 13.2 Å². The Hall–Kier alpha value is -3.30. The molecule has 8 nitrogen and oxygen atoms in total. The van der Waals surface area contributed by atoms with Crippen LogP contribution in [-0.4, -0.2) is 24.1 Å². The van der Waals surface area contributed by atoms with Crippen molar-refractivity contribution in [3.8, 4) is 11.3 Å². The maximum atomic E-state index is 13.4. The fraction of sp³-hybridized carbons (Fsp3) is 0.346. The number of nitrogens with zero attached hydrogens (tertiary/aromatic N) is 2. The highest BCUT2D eigenvalue weighted by atomic mass is 32.2. The molecule has 3 aromatic rings. The first-order valence-electron chi connectivity index (χ1n) is 11.6. The van der Waals surface area contributed by atoms with E-state index in [4.69, 9.17) is 5.14 Å². The SMILES string of the molecule is Cc1ccc(-c2nn([C@H](C)C(=O)Nc3c(C)cccc3C)c(=O)c3c2CCCC3)cc1S(N)(=O)=O. The van der Waals surface area contributed by atoms with E-state index in [-0.39, 0.29) is 16.4 Å². The summed E-state index contributed by atoms with van der Waals surface area (Å²) in [6.45, 7) is 7.14. The number of rotatable bonds is 5. The van der Waals surface area contributed by atoms with Crippen LogP contribution >= 0.6 is 0 Å². The Bertz CT molecular complexity index is 1470. The number of aromatic nitrogens is 2. The molecule has 9 heteroatoms. The lowest BCUT2D eigenvalue weighted by Crippen LogP contribution is -2.37. The molecule has 4 rings (SSSR count). The van der Waals surface area contributed by atoms with Crippen LogP contribution in [0.2, 0.25) is 0 Å². The van der Waals surface area contributed by atoms with Crippen molar-refractivity contribution in [3.05, 3.63) is 74.6 Å². The van der Waals surface area contributed by atoms with Crippen LogP contribution in [-0.2, 0) is 27.7 Å². The molecule has 2 aromatic carbocycles. The molecule has 184 valence electrons. The molecule has 0 unspecified atom stereocenters. The van der Waals surface area contributed by atoms with Gasteiger partial charge in [0, 0.05) is 16.8 Å². The van der Waals surface area contributed by atoms with Crippen LogP contribution in [0.3, 0.4) is 0 Å². The van der Waals surface area contributed by atoms with E-state index in [9.17, 15) is 18.0 Å². The highest BCUT2D eigenvalue weighted by molar-refractivity contribution is 7.89. The van der Waals surface area contributed by atoms with Crippen molar-refractivity contribution >= 4 is 21.6 Å². The van der Waals surface area contributed by atoms with Gasteiger partial charge in [0.2, 0.25) is 15.9 Å². The van der Waals surface area contributed by atoms with Gasteiger partial charge in [0.25, 0.3) is 5.56 Å². The minimum Gasteiger partial charge on any atom is -0.324 e. The number of fused-ring (bicyclic) bond motifs is 1. The topological polar surface area (TPSA) is 124 Å². The summed E-state index contributed by atoms with van der Waals surface area (Å²) in [5.74, 6) is -0.354. The quantitative estimate of drug-likeness (QED) is 0.561. The van der Waals surface area contributed by atoms with Gasteiger partial charge in [-0.1, -0.05) is 30.3 Å². The number of aryl methyl sites for hydroxylation is 3. The fourth-order valence-corrected chi connectivity index (χ4v) is 5.46. The molecule has 3 N–H and O–H groups in total. The molecule has 0 radical (unpaired) electrons. The molecule has 0 saturated carbocycles. The van der Waals surface area contributed by atoms with Crippen LogP contribution in [0.25, 0.3) is 11.3 Å². The Morgan fingerprint density at radius 3 is 2.29 bits per heavy atom. The van der Waals surface area contributed by atoms with Crippen LogP contribution in [0, 0.1) is 20.8 Å². The van der Waals surface area contributed by atoms with Gasteiger partial charge in [0.1, 0.15) is 6.04 Å². The van der Waals surface area contributed by atoms with Crippen molar-refractivity contribution in [1.29, 1.82) is 0 Å². The number of amides is 1. The molecular weight excluding hydrogens is 464 g/mol. The molecule has 0 saturated heterocycles. The van der Waals surface area contributed by atoms with Crippen LogP contribution in [0.1, 0.15) is 53.6 Å². The second-order valence-corrected chi connectivity index (χ2v) is 10.7. The van der Waals surface area contributed by atoms with E-state index in [0.29, 0.717) is 40.9 Å². The third-order valence-electron chi connectivity index (χ3n) is 6.67. The zero-order chi connectivity index (χ0) is 25.5. The Morgan fingerprint density at radius 2 is 1.66 bits per heavy atom. The van der Waals surface area contributed by atoms with Gasteiger partial charge >= 0.3 is 0 Å². The van der Waals surface area contributed by atoms with E-state index in [2.05, 4.69) is 10.4 Å². The third-order valence-corrected chi connectivity index (χ3v) is 7.72. The summed E-state index contributed by atoms with van der Waals surface area (Å²) < 4.78 is 25.5. The van der Waals surface area contributed by atoms with Crippen molar-refractivity contribution in [2.75, 3.05) is 5.32 Å². The van der Waals surface area contributed by atoms with Gasteiger partial charge in [-0.3, -0.25) is 9.59 Å². The summed E-state index contributed by atoms with van der Waals surface area (Å²) in [6, 6.07) is 9.82. The number of benzene rings is 2. The average Bonchev–Trinajstić information content (AvgIpc) is 2.81. The van der Waals surface area contributed by atoms with Crippen LogP contribution in [0.4, 0.5) is 5.69 Å². The van der Waals surface area contributed by atoms with Crippen molar-refractivity contribution in [2.24, 2.45) is 5.14 Å². The first-order chi connectivity index (χ1) is 16.5. The molecule has 1 aromatic heterocycles. The predicted molar refractivity (Wildman–Crippen MR) is 136 cm³/mol. The highest BCUT2D eigenvalue weighted by Crippen LogP contribution is 2.31. The first-order valence-corrected chi connectivity index (χ1v) is 13.2. The Labute approximate surface area is 205 Å². The monoisotopic (exact) mass is 494 g/mol. The van der Waals surface area contributed by atoms with Crippen LogP contribution < -0.4 is 16.0 Å². The maximum absolute atomic E-state index is 13.4. The molecule has 35 heavy (non-hydrogen) atoms. The fourth-order valence-electron chi connectivity index (χ4n) is 4.65. The van der Waals surface area contributed by atoms with Crippen LogP contribution in [0.5, 0.6) is 0 Å². The number of anilines is 1. The van der Waals surface area contributed by atoms with E-state index in [1.54, 1.807) is 26.0 Å². The highest BCUT2D eigenvalue weighted by Gasteiger charge is 2.27. The molecule has 1 atom stereocenters. The number of para-hydroxylation sites is 1. The Kier molecular flexibility index (Phi) is 6.66. The first kappa shape index (κ1) is 24.8. The van der Waals surface area contributed by atoms with Gasteiger partial charge in [-0.15, -0.1) is 0 Å². The third kappa shape index (κ3) is 4.78. The zero-order valence-electron chi connectivity index (χ0n) is 20.4. The molecule has 0 aliphatic heterocycles. The standard InChI is InChI=1S/C26H30N4O4S/c1-15-12-13-19(14-22(15)35(27,33)34)24-20-10-5-6-11-21(20)26(32)30(29-24)18(4)25(31)28-23-16(2)8-7-9-17(23)3/h7-9,12-14,18H,5-6,10-11H2,1-4H3,(H,28,31)(H2,27,33,34)/t18-/m1/s1. The van der Waals surface area contributed by atoms with Gasteiger partial charge in [-0.25, -0.2) is 18.2 Å². The molecule has 0 fully saturated rings. The van der Waals surface area contributed by atoms with Crippen LogP contribution in [0.15, 0.2) is 46.1 Å². The van der Waals surface area contributed by atoms with E-state index >= 15 is 0 Å². The molecule has 1 aliphatic rings. The minimum absolute atomic E-state index is 0.0138. The molecule has 0 bridgehead atoms. The average molecular weight is 495 g/mol. The Morgan fingerprint density at radius 1 is 1.03 bits per heavy atom. The van der Waals surface area contributed by atoms with Crippen molar-refractivity contribution in [1.82, 2.24) is 9.78 Å². The summed E-state index contributed by atoms with van der Waals surface area (Å²) in [5, 5.41) is 13.0. The van der Waals surface area contributed by atoms with Gasteiger partial charge < -0.3 is 5.32 Å². The molecule has 0 spiro atoms. The van der Waals surface area contributed by atoms with E-state index in [1.807, 2.05) is 32.0 Å². The lowest BCUT2D eigenvalue weighted by molar-refractivity contribution is -0.119. The number of carbonyl (C=O) groups excluding carboxylic acids is 1. The van der Waals surface area contributed by atoms with Crippen molar-refractivity contribution in [3.63, 3.8) is 0 Å². The number of hydrogen-bond acceptors (Lipinski definition) is 5. The van der Waals surface area contributed by atoms with Gasteiger partial charge in [0.15, 0.2) is 0 Å². The summed E-state index contributed by atoms with van der Waals surface area (Å²) in [7, 11) is -3.94. The summed E-state index contributed by atoms with van der Waals surface area (Å²) in [6.07, 6.45) is 3.02. The maximum Gasteiger partial charge on any atom is 0.271 e. The Balaban J connectivity index is 1.83. The number of nitrogens with one attached hydrogen (secondary N) is 1. The molecule has 1 aliphatic carbocycles. The van der Waals surface area contributed by atoms with E-state index in [0.717, 1.165) is 29.5 Å². The largest absolute Gasteiger partial charge is 0.324 e. The van der Waals surface area contributed by atoms with E-state index in [1.165, 1.54) is 10.7 Å². The van der Waals surface area contributed by atoms with E-state index < -0.39 is 16.1 Å². The normalized spacial score (nSPS) is 14.3. The number of nitrogens with two attached hydrogens (primary N) is 1. The second-order valence-electron chi connectivity index (χ2n) is 9.22. The van der Waals surface area contributed by atoms with Crippen molar-refractivity contribution in [2.45, 2.75) is 64.3 Å². The number of hydrogen-bond donors (Lipinski definition) is 2. The van der Waals surface area contributed by atoms with Gasteiger partial charge in [-0.2, -0.15) is 5.10 Å². The number of sulfonamides is 1.